The van der Waals surface area contributed by atoms with E-state index in [0.29, 0.717) is 0 Å². The molecule has 0 bridgehead atoms. The Morgan fingerprint density at radius 1 is 0.929 bits per heavy atom. The number of nitrogens with zero attached hydrogens (tertiary/aromatic N) is 1. The van der Waals surface area contributed by atoms with Gasteiger partial charge in [0.25, 0.3) is 0 Å². The predicted molar refractivity (Wildman–Crippen MR) is 109 cm³/mol. The molecule has 0 spiro atoms. The second-order valence-electron chi connectivity index (χ2n) is 7.02. The fourth-order valence-electron chi connectivity index (χ4n) is 3.95. The van der Waals surface area contributed by atoms with Gasteiger partial charge in [-0.25, -0.2) is 4.79 Å². The van der Waals surface area contributed by atoms with Crippen molar-refractivity contribution in [3.63, 3.8) is 0 Å². The van der Waals surface area contributed by atoms with Gasteiger partial charge in [-0.2, -0.15) is 0 Å². The number of amides is 1. The van der Waals surface area contributed by atoms with Crippen molar-refractivity contribution in [3.05, 3.63) is 95.6 Å². The summed E-state index contributed by atoms with van der Waals surface area (Å²) in [5, 5.41) is 9.79. The van der Waals surface area contributed by atoms with Crippen LogP contribution in [0.3, 0.4) is 0 Å². The Morgan fingerprint density at radius 2 is 1.46 bits per heavy atom. The van der Waals surface area contributed by atoms with Gasteiger partial charge in [0.15, 0.2) is 0 Å². The lowest BCUT2D eigenvalue weighted by Crippen LogP contribution is -2.34. The number of aliphatic hydroxyl groups excluding tert-OH is 1. The molecule has 28 heavy (non-hydrogen) atoms. The number of benzene rings is 3. The zero-order valence-corrected chi connectivity index (χ0v) is 15.8. The van der Waals surface area contributed by atoms with E-state index < -0.39 is 12.1 Å². The summed E-state index contributed by atoms with van der Waals surface area (Å²) in [5.74, 6) is 0.0223. The first-order valence-electron chi connectivity index (χ1n) is 9.44. The number of hydrogen-bond donors (Lipinski definition) is 1. The van der Waals surface area contributed by atoms with Gasteiger partial charge in [0.1, 0.15) is 6.61 Å². The number of carbonyl (C=O) groups excluding carboxylic acids is 1. The van der Waals surface area contributed by atoms with Crippen molar-refractivity contribution in [2.75, 3.05) is 20.3 Å². The molecule has 1 aliphatic rings. The van der Waals surface area contributed by atoms with Crippen LogP contribution >= 0.6 is 0 Å². The largest absolute Gasteiger partial charge is 0.448 e. The molecule has 0 radical (unpaired) electrons. The fourth-order valence-corrected chi connectivity index (χ4v) is 3.95. The standard InChI is InChI=1S/C24H23NO3/c1-25(23(15-26)17-9-3-2-4-10-17)24(27)28-16-22-20-13-7-5-11-18(20)19-12-6-8-14-21(19)22/h2-14,22-23,26H,15-16H2,1H3. The second kappa shape index (κ2) is 7.87. The van der Waals surface area contributed by atoms with Gasteiger partial charge in [-0.15, -0.1) is 0 Å². The SMILES string of the molecule is CN(C(=O)OCC1c2ccccc2-c2ccccc21)C(CO)c1ccccc1. The summed E-state index contributed by atoms with van der Waals surface area (Å²) in [5.41, 5.74) is 5.64. The smallest absolute Gasteiger partial charge is 0.410 e. The highest BCUT2D eigenvalue weighted by Gasteiger charge is 2.30. The van der Waals surface area contributed by atoms with E-state index in [1.807, 2.05) is 54.6 Å². The Balaban J connectivity index is 1.51. The molecule has 0 saturated carbocycles. The van der Waals surface area contributed by atoms with Gasteiger partial charge in [0, 0.05) is 13.0 Å². The van der Waals surface area contributed by atoms with Crippen molar-refractivity contribution >= 4 is 6.09 Å². The van der Waals surface area contributed by atoms with Gasteiger partial charge < -0.3 is 14.7 Å². The van der Waals surface area contributed by atoms with Crippen molar-refractivity contribution in [2.24, 2.45) is 0 Å². The highest BCUT2D eigenvalue weighted by molar-refractivity contribution is 5.79. The molecule has 0 fully saturated rings. The van der Waals surface area contributed by atoms with Crippen molar-refractivity contribution in [1.82, 2.24) is 4.90 Å². The molecule has 0 aromatic heterocycles. The molecular formula is C24H23NO3. The lowest BCUT2D eigenvalue weighted by Gasteiger charge is -2.27. The Kier molecular flexibility index (Phi) is 5.13. The minimum absolute atomic E-state index is 0.0223. The van der Waals surface area contributed by atoms with Gasteiger partial charge in [0.05, 0.1) is 12.6 Å². The van der Waals surface area contributed by atoms with Crippen LogP contribution in [-0.4, -0.2) is 36.4 Å². The van der Waals surface area contributed by atoms with Gasteiger partial charge in [-0.3, -0.25) is 0 Å². The van der Waals surface area contributed by atoms with Gasteiger partial charge in [-0.05, 0) is 27.8 Å². The molecule has 4 heteroatoms. The highest BCUT2D eigenvalue weighted by atomic mass is 16.6. The maximum absolute atomic E-state index is 12.7. The lowest BCUT2D eigenvalue weighted by molar-refractivity contribution is 0.0789. The Hall–Kier alpha value is -3.11. The Bertz CT molecular complexity index is 925. The maximum Gasteiger partial charge on any atom is 0.410 e. The van der Waals surface area contributed by atoms with E-state index in [4.69, 9.17) is 4.74 Å². The molecule has 4 nitrogen and oxygen atoms in total. The first kappa shape index (κ1) is 18.3. The molecule has 1 aliphatic carbocycles. The highest BCUT2D eigenvalue weighted by Crippen LogP contribution is 2.44. The van der Waals surface area contributed by atoms with Crippen LogP contribution < -0.4 is 0 Å². The summed E-state index contributed by atoms with van der Waals surface area (Å²) in [7, 11) is 1.66. The van der Waals surface area contributed by atoms with E-state index in [9.17, 15) is 9.90 Å². The number of fused-ring (bicyclic) bond motifs is 3. The third-order valence-electron chi connectivity index (χ3n) is 5.45. The minimum Gasteiger partial charge on any atom is -0.448 e. The minimum atomic E-state index is -0.440. The van der Waals surface area contributed by atoms with E-state index in [2.05, 4.69) is 24.3 Å². The average Bonchev–Trinajstić information content (AvgIpc) is 3.07. The van der Waals surface area contributed by atoms with Crippen LogP contribution in [0, 0.1) is 0 Å². The zero-order chi connectivity index (χ0) is 19.5. The maximum atomic E-state index is 12.7. The number of hydrogen-bond acceptors (Lipinski definition) is 3. The number of rotatable bonds is 5. The number of carbonyl (C=O) groups is 1. The number of likely N-dealkylation sites (N-methyl/N-ethyl adjacent to an activating group) is 1. The van der Waals surface area contributed by atoms with Crippen LogP contribution in [0.5, 0.6) is 0 Å². The fraction of sp³-hybridized carbons (Fsp3) is 0.208. The van der Waals surface area contributed by atoms with Crippen LogP contribution in [0.2, 0.25) is 0 Å². The Morgan fingerprint density at radius 3 is 2.04 bits per heavy atom. The monoisotopic (exact) mass is 373 g/mol. The third kappa shape index (κ3) is 3.27. The molecule has 0 aliphatic heterocycles. The van der Waals surface area contributed by atoms with E-state index in [1.165, 1.54) is 27.2 Å². The summed E-state index contributed by atoms with van der Waals surface area (Å²) < 4.78 is 5.68. The average molecular weight is 373 g/mol. The van der Waals surface area contributed by atoms with Crippen LogP contribution in [0.25, 0.3) is 11.1 Å². The number of ether oxygens (including phenoxy) is 1. The quantitative estimate of drug-likeness (QED) is 0.711. The molecule has 1 unspecified atom stereocenters. The van der Waals surface area contributed by atoms with Crippen molar-refractivity contribution in [3.8, 4) is 11.1 Å². The molecular weight excluding hydrogens is 350 g/mol. The van der Waals surface area contributed by atoms with Crippen molar-refractivity contribution in [1.29, 1.82) is 0 Å². The van der Waals surface area contributed by atoms with Crippen LogP contribution in [-0.2, 0) is 4.74 Å². The molecule has 0 saturated heterocycles. The Labute approximate surface area is 165 Å². The van der Waals surface area contributed by atoms with E-state index in [0.717, 1.165) is 5.56 Å². The van der Waals surface area contributed by atoms with Crippen molar-refractivity contribution < 1.29 is 14.6 Å². The summed E-state index contributed by atoms with van der Waals surface area (Å²) in [6, 6.07) is 25.6. The summed E-state index contributed by atoms with van der Waals surface area (Å²) in [4.78, 5) is 14.2. The van der Waals surface area contributed by atoms with Crippen molar-refractivity contribution in [2.45, 2.75) is 12.0 Å². The molecule has 3 aromatic carbocycles. The number of aliphatic hydroxyl groups is 1. The van der Waals surface area contributed by atoms with Crippen LogP contribution in [0.15, 0.2) is 78.9 Å². The molecule has 142 valence electrons. The van der Waals surface area contributed by atoms with E-state index >= 15 is 0 Å². The van der Waals surface area contributed by atoms with E-state index in [-0.39, 0.29) is 19.1 Å². The van der Waals surface area contributed by atoms with Gasteiger partial charge >= 0.3 is 6.09 Å². The normalized spacial score (nSPS) is 13.5. The van der Waals surface area contributed by atoms with Gasteiger partial charge in [-0.1, -0.05) is 78.9 Å². The molecule has 0 heterocycles. The first-order valence-corrected chi connectivity index (χ1v) is 9.44. The summed E-state index contributed by atoms with van der Waals surface area (Å²) >= 11 is 0. The third-order valence-corrected chi connectivity index (χ3v) is 5.45. The zero-order valence-electron chi connectivity index (χ0n) is 15.8. The van der Waals surface area contributed by atoms with Crippen LogP contribution in [0.1, 0.15) is 28.7 Å². The molecule has 1 amide bonds. The molecule has 1 N–H and O–H groups in total. The topological polar surface area (TPSA) is 49.8 Å². The molecule has 1 atom stereocenters. The van der Waals surface area contributed by atoms with E-state index in [1.54, 1.807) is 7.05 Å². The molecule has 3 aromatic rings. The second-order valence-corrected chi connectivity index (χ2v) is 7.02. The summed E-state index contributed by atoms with van der Waals surface area (Å²) in [6.45, 7) is 0.106. The first-order chi connectivity index (χ1) is 13.7. The predicted octanol–water partition coefficient (Wildman–Crippen LogP) is 4.60. The molecule has 4 rings (SSSR count). The van der Waals surface area contributed by atoms with Gasteiger partial charge in [0.2, 0.25) is 0 Å². The summed E-state index contributed by atoms with van der Waals surface area (Å²) in [6.07, 6.45) is -0.440. The lowest BCUT2D eigenvalue weighted by atomic mass is 9.98. The van der Waals surface area contributed by atoms with Crippen LogP contribution in [0.4, 0.5) is 4.79 Å².